The molecule has 9 heteroatoms. The van der Waals surface area contributed by atoms with Gasteiger partial charge in [0.2, 0.25) is 5.88 Å². The van der Waals surface area contributed by atoms with Crippen molar-refractivity contribution in [3.8, 4) is 17.4 Å². The highest BCUT2D eigenvalue weighted by Crippen LogP contribution is 2.30. The van der Waals surface area contributed by atoms with Gasteiger partial charge in [-0.2, -0.15) is 0 Å². The van der Waals surface area contributed by atoms with E-state index in [0.29, 0.717) is 68.3 Å². The summed E-state index contributed by atoms with van der Waals surface area (Å²) >= 11 is 0. The minimum atomic E-state index is -0.398. The van der Waals surface area contributed by atoms with Gasteiger partial charge in [0.1, 0.15) is 19.0 Å². The Morgan fingerprint density at radius 2 is 1.91 bits per heavy atom. The largest absolute Gasteiger partial charge is 0.486 e. The second kappa shape index (κ2) is 9.86. The van der Waals surface area contributed by atoms with Crippen LogP contribution in [0.3, 0.4) is 0 Å². The molecule has 0 spiro atoms. The maximum absolute atomic E-state index is 14.5. The van der Waals surface area contributed by atoms with E-state index >= 15 is 0 Å². The number of rotatable bonds is 7. The molecular weight excluding hydrogens is 429 g/mol. The van der Waals surface area contributed by atoms with E-state index in [1.165, 1.54) is 13.3 Å². The molecule has 3 aromatic rings. The lowest BCUT2D eigenvalue weighted by atomic mass is 10.1. The Morgan fingerprint density at radius 3 is 2.73 bits per heavy atom. The van der Waals surface area contributed by atoms with Crippen LogP contribution in [0.4, 0.5) is 4.39 Å². The lowest BCUT2D eigenvalue weighted by molar-refractivity contribution is -0.192. The van der Waals surface area contributed by atoms with Crippen LogP contribution in [0.25, 0.3) is 11.0 Å². The second-order valence-corrected chi connectivity index (χ2v) is 8.00. The molecule has 2 aromatic heterocycles. The molecule has 8 nitrogen and oxygen atoms in total. The van der Waals surface area contributed by atoms with E-state index in [4.69, 9.17) is 23.7 Å². The van der Waals surface area contributed by atoms with Crippen molar-refractivity contribution in [2.45, 2.75) is 31.7 Å². The number of halogens is 1. The molecule has 0 amide bonds. The van der Waals surface area contributed by atoms with Crippen molar-refractivity contribution < 1.29 is 28.1 Å². The molecule has 0 radical (unpaired) electrons. The molecule has 0 bridgehead atoms. The van der Waals surface area contributed by atoms with E-state index in [2.05, 4.69) is 15.3 Å². The Kier molecular flexibility index (Phi) is 6.52. The number of nitrogens with zero attached hydrogens (tertiary/aromatic N) is 2. The van der Waals surface area contributed by atoms with Gasteiger partial charge in [-0.05, 0) is 30.2 Å². The Hall–Kier alpha value is -3.01. The average Bonchev–Trinajstić information content (AvgIpc) is 2.87. The number of methoxy groups -OCH3 is 1. The van der Waals surface area contributed by atoms with E-state index in [1.54, 1.807) is 12.1 Å². The van der Waals surface area contributed by atoms with Gasteiger partial charge in [0.05, 0.1) is 43.6 Å². The number of benzene rings is 1. The van der Waals surface area contributed by atoms with Gasteiger partial charge in [-0.15, -0.1) is 0 Å². The van der Waals surface area contributed by atoms with Crippen LogP contribution in [0.1, 0.15) is 17.5 Å². The number of fused-ring (bicyclic) bond motifs is 2. The summed E-state index contributed by atoms with van der Waals surface area (Å²) in [6.07, 6.45) is 1.77. The Bertz CT molecular complexity index is 1120. The zero-order valence-electron chi connectivity index (χ0n) is 18.4. The summed E-state index contributed by atoms with van der Waals surface area (Å²) in [5, 5.41) is 3.45. The van der Waals surface area contributed by atoms with Gasteiger partial charge in [-0.1, -0.05) is 6.07 Å². The first-order chi connectivity index (χ1) is 16.2. The number of hydrogen-bond donors (Lipinski definition) is 1. The standard InChI is InChI=1S/C24H26FN3O5/c1-29-22-6-4-19-24(28-22)17(18(25)12-27-19)3-7-23-32-13-16(14-33-23)26-11-15-2-5-20-21(10-15)31-9-8-30-20/h2,4-6,10,12,16,23,26H,3,7-9,11,13-14H2,1H3. The van der Waals surface area contributed by atoms with Crippen molar-refractivity contribution in [2.24, 2.45) is 0 Å². The lowest BCUT2D eigenvalue weighted by Gasteiger charge is -2.30. The highest BCUT2D eigenvalue weighted by atomic mass is 19.1. The Labute approximate surface area is 191 Å². The molecule has 1 fully saturated rings. The Morgan fingerprint density at radius 1 is 1.09 bits per heavy atom. The van der Waals surface area contributed by atoms with Gasteiger partial charge in [0, 0.05) is 24.6 Å². The summed E-state index contributed by atoms with van der Waals surface area (Å²) < 4.78 is 42.6. The van der Waals surface area contributed by atoms with Crippen LogP contribution in [-0.2, 0) is 22.4 Å². The van der Waals surface area contributed by atoms with Crippen LogP contribution in [0, 0.1) is 5.82 Å². The minimum Gasteiger partial charge on any atom is -0.486 e. The number of nitrogens with one attached hydrogen (secondary N) is 1. The van der Waals surface area contributed by atoms with E-state index in [0.717, 1.165) is 17.1 Å². The van der Waals surface area contributed by atoms with Gasteiger partial charge in [0.15, 0.2) is 17.8 Å². The van der Waals surface area contributed by atoms with Crippen LogP contribution in [0.15, 0.2) is 36.5 Å². The van der Waals surface area contributed by atoms with Crippen LogP contribution < -0.4 is 19.5 Å². The molecule has 2 aliphatic rings. The third kappa shape index (κ3) is 5.00. The van der Waals surface area contributed by atoms with E-state index in [-0.39, 0.29) is 6.04 Å². The van der Waals surface area contributed by atoms with Crippen LogP contribution >= 0.6 is 0 Å². The fourth-order valence-electron chi connectivity index (χ4n) is 3.98. The quantitative estimate of drug-likeness (QED) is 0.582. The van der Waals surface area contributed by atoms with Crippen LogP contribution in [0.5, 0.6) is 17.4 Å². The minimum absolute atomic E-state index is 0.0684. The van der Waals surface area contributed by atoms with Crippen molar-refractivity contribution in [1.29, 1.82) is 0 Å². The van der Waals surface area contributed by atoms with Crippen LogP contribution in [-0.4, -0.2) is 55.8 Å². The molecule has 1 aromatic carbocycles. The normalized spacial score (nSPS) is 20.1. The smallest absolute Gasteiger partial charge is 0.213 e. The van der Waals surface area contributed by atoms with Gasteiger partial charge >= 0.3 is 0 Å². The first kappa shape index (κ1) is 21.8. The first-order valence-electron chi connectivity index (χ1n) is 11.0. The summed E-state index contributed by atoms with van der Waals surface area (Å²) in [6, 6.07) is 9.49. The van der Waals surface area contributed by atoms with Crippen molar-refractivity contribution in [2.75, 3.05) is 33.5 Å². The predicted molar refractivity (Wildman–Crippen MR) is 118 cm³/mol. The third-order valence-electron chi connectivity index (χ3n) is 5.75. The highest BCUT2D eigenvalue weighted by Gasteiger charge is 2.23. The SMILES string of the molecule is COc1ccc2ncc(F)c(CCC3OCC(NCc4ccc5c(c4)OCCO5)CO3)c2n1. The van der Waals surface area contributed by atoms with Gasteiger partial charge < -0.3 is 29.0 Å². The summed E-state index contributed by atoms with van der Waals surface area (Å²) in [7, 11) is 1.53. The fourth-order valence-corrected chi connectivity index (χ4v) is 3.98. The van der Waals surface area contributed by atoms with E-state index < -0.39 is 12.1 Å². The predicted octanol–water partition coefficient (Wildman–Crippen LogP) is 3.01. The molecule has 4 heterocycles. The van der Waals surface area contributed by atoms with Crippen molar-refractivity contribution in [1.82, 2.24) is 15.3 Å². The molecule has 1 N–H and O–H groups in total. The second-order valence-electron chi connectivity index (χ2n) is 8.00. The number of aromatic nitrogens is 2. The topological polar surface area (TPSA) is 84.0 Å². The highest BCUT2D eigenvalue weighted by molar-refractivity contribution is 5.78. The zero-order valence-corrected chi connectivity index (χ0v) is 18.4. The molecule has 0 unspecified atom stereocenters. The third-order valence-corrected chi connectivity index (χ3v) is 5.75. The summed E-state index contributed by atoms with van der Waals surface area (Å²) in [5.74, 6) is 1.59. The molecule has 174 valence electrons. The summed E-state index contributed by atoms with van der Waals surface area (Å²) in [5.41, 5.74) is 2.72. The molecule has 5 rings (SSSR count). The fraction of sp³-hybridized carbons (Fsp3) is 0.417. The maximum Gasteiger partial charge on any atom is 0.213 e. The van der Waals surface area contributed by atoms with Gasteiger partial charge in [-0.3, -0.25) is 4.98 Å². The number of aryl methyl sites for hydroxylation is 1. The van der Waals surface area contributed by atoms with Crippen molar-refractivity contribution in [3.63, 3.8) is 0 Å². The number of pyridine rings is 2. The molecule has 0 atom stereocenters. The van der Waals surface area contributed by atoms with Crippen molar-refractivity contribution >= 4 is 11.0 Å². The monoisotopic (exact) mass is 455 g/mol. The van der Waals surface area contributed by atoms with Gasteiger partial charge in [0.25, 0.3) is 0 Å². The van der Waals surface area contributed by atoms with E-state index in [1.807, 2.05) is 18.2 Å². The first-order valence-corrected chi connectivity index (χ1v) is 11.0. The molecule has 0 aliphatic carbocycles. The van der Waals surface area contributed by atoms with Gasteiger partial charge in [-0.25, -0.2) is 9.37 Å². The van der Waals surface area contributed by atoms with E-state index in [9.17, 15) is 4.39 Å². The molecule has 0 saturated carbocycles. The van der Waals surface area contributed by atoms with Crippen molar-refractivity contribution in [3.05, 3.63) is 53.5 Å². The molecular formula is C24H26FN3O5. The zero-order chi connectivity index (χ0) is 22.6. The Balaban J connectivity index is 1.13. The summed E-state index contributed by atoms with van der Waals surface area (Å²) in [4.78, 5) is 8.49. The molecule has 1 saturated heterocycles. The summed E-state index contributed by atoms with van der Waals surface area (Å²) in [6.45, 7) is 2.84. The molecule has 33 heavy (non-hydrogen) atoms. The van der Waals surface area contributed by atoms with Crippen LogP contribution in [0.2, 0.25) is 0 Å². The number of hydrogen-bond acceptors (Lipinski definition) is 8. The molecule has 2 aliphatic heterocycles. The maximum atomic E-state index is 14.5. The average molecular weight is 455 g/mol. The lowest BCUT2D eigenvalue weighted by Crippen LogP contribution is -2.44. The number of ether oxygens (including phenoxy) is 5.